The molecule has 3 rings (SSSR count). The molecule has 1 aromatic carbocycles. The van der Waals surface area contributed by atoms with E-state index in [1.165, 1.54) is 35.6 Å². The van der Waals surface area contributed by atoms with Crippen LogP contribution in [0.5, 0.6) is 0 Å². The van der Waals surface area contributed by atoms with Gasteiger partial charge in [-0.25, -0.2) is 8.42 Å². The highest BCUT2D eigenvalue weighted by molar-refractivity contribution is 7.91. The van der Waals surface area contributed by atoms with Crippen molar-refractivity contribution in [3.05, 3.63) is 46.7 Å². The van der Waals surface area contributed by atoms with Crippen LogP contribution in [0.15, 0.2) is 50.4 Å². The van der Waals surface area contributed by atoms with E-state index in [2.05, 4.69) is 15.5 Å². The predicted octanol–water partition coefficient (Wildman–Crippen LogP) is 2.84. The van der Waals surface area contributed by atoms with Crippen molar-refractivity contribution in [3.8, 4) is 11.5 Å². The molecular weight excluding hydrogens is 350 g/mol. The first kappa shape index (κ1) is 16.3. The van der Waals surface area contributed by atoms with Crippen LogP contribution >= 0.6 is 11.3 Å². The molecule has 0 aliphatic carbocycles. The van der Waals surface area contributed by atoms with Crippen LogP contribution in [0.25, 0.3) is 11.5 Å². The summed E-state index contributed by atoms with van der Waals surface area (Å²) in [5.41, 5.74) is 1.07. The van der Waals surface area contributed by atoms with Gasteiger partial charge in [0.05, 0.1) is 10.6 Å². The zero-order valence-corrected chi connectivity index (χ0v) is 14.2. The summed E-state index contributed by atoms with van der Waals surface area (Å²) in [5, 5.41) is 13.8. The molecule has 2 heterocycles. The lowest BCUT2D eigenvalue weighted by Gasteiger charge is -2.03. The van der Waals surface area contributed by atoms with E-state index in [4.69, 9.17) is 4.42 Å². The number of nitrogens with one attached hydrogen (secondary N) is 1. The van der Waals surface area contributed by atoms with E-state index in [0.29, 0.717) is 11.5 Å². The van der Waals surface area contributed by atoms with Crippen molar-refractivity contribution in [3.63, 3.8) is 0 Å². The van der Waals surface area contributed by atoms with Crippen molar-refractivity contribution < 1.29 is 17.6 Å². The number of carbonyl (C=O) groups is 1. The number of benzene rings is 1. The molecule has 2 aromatic heterocycles. The zero-order valence-electron chi connectivity index (χ0n) is 12.6. The molecule has 0 saturated carbocycles. The number of anilines is 1. The summed E-state index contributed by atoms with van der Waals surface area (Å²) in [6.07, 6.45) is 0. The lowest BCUT2D eigenvalue weighted by atomic mass is 10.2. The van der Waals surface area contributed by atoms with Gasteiger partial charge in [0, 0.05) is 16.5 Å². The molecule has 124 valence electrons. The first-order valence-electron chi connectivity index (χ1n) is 7.00. The molecule has 0 spiro atoms. The van der Waals surface area contributed by atoms with Gasteiger partial charge >= 0.3 is 6.01 Å². The fourth-order valence-electron chi connectivity index (χ4n) is 1.93. The molecule has 0 unspecified atom stereocenters. The molecule has 0 aliphatic rings. The first-order chi connectivity index (χ1) is 11.5. The Hall–Kier alpha value is -2.52. The quantitative estimate of drug-likeness (QED) is 0.748. The van der Waals surface area contributed by atoms with Crippen molar-refractivity contribution in [2.24, 2.45) is 0 Å². The number of hydrogen-bond donors (Lipinski definition) is 1. The minimum atomic E-state index is -3.29. The van der Waals surface area contributed by atoms with Crippen molar-refractivity contribution in [1.82, 2.24) is 10.2 Å². The monoisotopic (exact) mass is 363 g/mol. The van der Waals surface area contributed by atoms with E-state index in [-0.39, 0.29) is 16.7 Å². The Labute approximate surface area is 142 Å². The van der Waals surface area contributed by atoms with Gasteiger partial charge in [0.25, 0.3) is 11.8 Å². The fraction of sp³-hybridized carbons (Fsp3) is 0.133. The highest BCUT2D eigenvalue weighted by Gasteiger charge is 2.15. The minimum Gasteiger partial charge on any atom is -0.403 e. The number of hydrogen-bond acceptors (Lipinski definition) is 7. The van der Waals surface area contributed by atoms with Crippen LogP contribution < -0.4 is 5.32 Å². The van der Waals surface area contributed by atoms with Gasteiger partial charge in [-0.15, -0.1) is 5.10 Å². The van der Waals surface area contributed by atoms with Gasteiger partial charge in [0.1, 0.15) is 0 Å². The Bertz CT molecular complexity index is 945. The minimum absolute atomic E-state index is 0.00584. The van der Waals surface area contributed by atoms with Gasteiger partial charge in [-0.3, -0.25) is 10.1 Å². The molecule has 3 aromatic rings. The van der Waals surface area contributed by atoms with Gasteiger partial charge < -0.3 is 4.42 Å². The van der Waals surface area contributed by atoms with E-state index in [9.17, 15) is 13.2 Å². The highest BCUT2D eigenvalue weighted by Crippen LogP contribution is 2.22. The van der Waals surface area contributed by atoms with Gasteiger partial charge in [0.15, 0.2) is 9.84 Å². The van der Waals surface area contributed by atoms with E-state index >= 15 is 0 Å². The number of rotatable bonds is 5. The van der Waals surface area contributed by atoms with Gasteiger partial charge in [-0.05, 0) is 35.7 Å². The lowest BCUT2D eigenvalue weighted by molar-refractivity contribution is 0.102. The summed E-state index contributed by atoms with van der Waals surface area (Å²) in [6, 6.07) is 7.49. The molecule has 7 nitrogen and oxygen atoms in total. The SMILES string of the molecule is CCS(=O)(=O)c1ccc(C(=O)Nc2nnc(-c3ccsc3)o2)cc1. The second-order valence-electron chi connectivity index (χ2n) is 4.81. The number of nitrogens with zero attached hydrogens (tertiary/aromatic N) is 2. The Morgan fingerprint density at radius 1 is 1.21 bits per heavy atom. The van der Waals surface area contributed by atoms with Crippen LogP contribution in [0.1, 0.15) is 17.3 Å². The van der Waals surface area contributed by atoms with Crippen LogP contribution in [0, 0.1) is 0 Å². The smallest absolute Gasteiger partial charge is 0.322 e. The van der Waals surface area contributed by atoms with Crippen LogP contribution in [0.4, 0.5) is 6.01 Å². The normalized spacial score (nSPS) is 11.4. The van der Waals surface area contributed by atoms with Gasteiger partial charge in [-0.1, -0.05) is 12.0 Å². The largest absolute Gasteiger partial charge is 0.403 e. The maximum Gasteiger partial charge on any atom is 0.322 e. The summed E-state index contributed by atoms with van der Waals surface area (Å²) >= 11 is 1.50. The van der Waals surface area contributed by atoms with E-state index in [0.717, 1.165) is 5.56 Å². The molecule has 24 heavy (non-hydrogen) atoms. The summed E-state index contributed by atoms with van der Waals surface area (Å²) in [5.74, 6) is -0.141. The molecule has 0 saturated heterocycles. The zero-order chi connectivity index (χ0) is 17.2. The maximum atomic E-state index is 12.2. The second-order valence-corrected chi connectivity index (χ2v) is 7.86. The Morgan fingerprint density at radius 3 is 2.58 bits per heavy atom. The standard InChI is InChI=1S/C15H13N3O4S2/c1-2-24(20,21)12-5-3-10(4-6-12)13(19)16-15-18-17-14(22-15)11-7-8-23-9-11/h3-9H,2H2,1H3,(H,16,18,19). The third-order valence-electron chi connectivity index (χ3n) is 3.27. The van der Waals surface area contributed by atoms with Crippen molar-refractivity contribution >= 4 is 33.1 Å². The third kappa shape index (κ3) is 3.36. The van der Waals surface area contributed by atoms with Crippen molar-refractivity contribution in [2.45, 2.75) is 11.8 Å². The fourth-order valence-corrected chi connectivity index (χ4v) is 3.44. The number of thiophene rings is 1. The van der Waals surface area contributed by atoms with Crippen LogP contribution in [0.2, 0.25) is 0 Å². The average molecular weight is 363 g/mol. The summed E-state index contributed by atoms with van der Waals surface area (Å²) < 4.78 is 28.9. The van der Waals surface area contributed by atoms with Gasteiger partial charge in [-0.2, -0.15) is 11.3 Å². The Morgan fingerprint density at radius 2 is 1.96 bits per heavy atom. The summed E-state index contributed by atoms with van der Waals surface area (Å²) in [6.45, 7) is 1.57. The van der Waals surface area contributed by atoms with E-state index in [1.54, 1.807) is 6.92 Å². The molecule has 0 aliphatic heterocycles. The summed E-state index contributed by atoms with van der Waals surface area (Å²) in [7, 11) is -3.29. The average Bonchev–Trinajstić information content (AvgIpc) is 3.26. The second kappa shape index (κ2) is 6.54. The molecule has 1 N–H and O–H groups in total. The van der Waals surface area contributed by atoms with Crippen LogP contribution in [0.3, 0.4) is 0 Å². The molecule has 0 radical (unpaired) electrons. The lowest BCUT2D eigenvalue weighted by Crippen LogP contribution is -2.12. The molecule has 0 bridgehead atoms. The topological polar surface area (TPSA) is 102 Å². The maximum absolute atomic E-state index is 12.2. The summed E-state index contributed by atoms with van der Waals surface area (Å²) in [4.78, 5) is 12.3. The van der Waals surface area contributed by atoms with Crippen LogP contribution in [-0.4, -0.2) is 30.3 Å². The number of aromatic nitrogens is 2. The van der Waals surface area contributed by atoms with Gasteiger partial charge in [0.2, 0.25) is 0 Å². The van der Waals surface area contributed by atoms with E-state index < -0.39 is 15.7 Å². The predicted molar refractivity (Wildman–Crippen MR) is 89.7 cm³/mol. The molecule has 0 atom stereocenters. The first-order valence-corrected chi connectivity index (χ1v) is 9.59. The molecule has 0 fully saturated rings. The van der Waals surface area contributed by atoms with Crippen LogP contribution in [-0.2, 0) is 9.84 Å². The highest BCUT2D eigenvalue weighted by atomic mass is 32.2. The number of sulfone groups is 1. The Kier molecular flexibility index (Phi) is 4.45. The van der Waals surface area contributed by atoms with Crippen molar-refractivity contribution in [1.29, 1.82) is 0 Å². The number of amides is 1. The molecular formula is C15H13N3O4S2. The number of carbonyl (C=O) groups excluding carboxylic acids is 1. The van der Waals surface area contributed by atoms with E-state index in [1.807, 2.05) is 16.8 Å². The molecule has 1 amide bonds. The molecule has 9 heteroatoms. The van der Waals surface area contributed by atoms with Crippen molar-refractivity contribution in [2.75, 3.05) is 11.1 Å². The Balaban J connectivity index is 1.73. The third-order valence-corrected chi connectivity index (χ3v) is 5.70.